The molecule has 5 nitrogen and oxygen atoms in total. The van der Waals surface area contributed by atoms with E-state index in [-0.39, 0.29) is 5.91 Å². The molecule has 0 aliphatic carbocycles. The molecule has 1 aromatic carbocycles. The van der Waals surface area contributed by atoms with Gasteiger partial charge in [-0.05, 0) is 38.7 Å². The summed E-state index contributed by atoms with van der Waals surface area (Å²) in [6.45, 7) is 8.93. The van der Waals surface area contributed by atoms with E-state index >= 15 is 0 Å². The van der Waals surface area contributed by atoms with Crippen molar-refractivity contribution in [1.82, 2.24) is 19.7 Å². The number of aromatic nitrogens is 3. The zero-order chi connectivity index (χ0) is 17.8. The molecule has 1 saturated heterocycles. The van der Waals surface area contributed by atoms with Crippen LogP contribution in [0.15, 0.2) is 29.4 Å². The molecule has 134 valence electrons. The Morgan fingerprint density at radius 3 is 2.92 bits per heavy atom. The zero-order valence-corrected chi connectivity index (χ0v) is 16.1. The van der Waals surface area contributed by atoms with Gasteiger partial charge in [0.1, 0.15) is 0 Å². The average molecular weight is 359 g/mol. The third-order valence-corrected chi connectivity index (χ3v) is 5.60. The van der Waals surface area contributed by atoms with Crippen molar-refractivity contribution in [2.45, 2.75) is 45.3 Å². The molecule has 1 fully saturated rings. The van der Waals surface area contributed by atoms with Crippen molar-refractivity contribution < 1.29 is 4.79 Å². The smallest absolute Gasteiger partial charge is 0.233 e. The number of carbonyl (C=O) groups is 1. The summed E-state index contributed by atoms with van der Waals surface area (Å²) in [6, 6.07) is 8.28. The van der Waals surface area contributed by atoms with Crippen molar-refractivity contribution in [2.75, 3.05) is 18.8 Å². The Balaban J connectivity index is 1.70. The molecule has 0 bridgehead atoms. The fourth-order valence-electron chi connectivity index (χ4n) is 3.31. The lowest BCUT2D eigenvalue weighted by Gasteiger charge is -2.30. The maximum atomic E-state index is 12.5. The van der Waals surface area contributed by atoms with E-state index in [9.17, 15) is 4.79 Å². The molecule has 2 heterocycles. The highest BCUT2D eigenvalue weighted by Gasteiger charge is 2.22. The Morgan fingerprint density at radius 1 is 1.36 bits per heavy atom. The summed E-state index contributed by atoms with van der Waals surface area (Å²) in [7, 11) is 0. The van der Waals surface area contributed by atoms with Crippen LogP contribution in [0.1, 0.15) is 32.3 Å². The Labute approximate surface area is 153 Å². The first-order valence-electron chi connectivity index (χ1n) is 8.99. The molecule has 6 heteroatoms. The molecule has 0 radical (unpaired) electrons. The number of thioether (sulfide) groups is 1. The second kappa shape index (κ2) is 8.04. The lowest BCUT2D eigenvalue weighted by Crippen LogP contribution is -2.40. The van der Waals surface area contributed by atoms with E-state index in [4.69, 9.17) is 0 Å². The second-order valence-electron chi connectivity index (χ2n) is 6.80. The fraction of sp³-hybridized carbons (Fsp3) is 0.526. The molecule has 3 rings (SSSR count). The summed E-state index contributed by atoms with van der Waals surface area (Å²) in [5.74, 6) is 2.11. The van der Waals surface area contributed by atoms with Crippen molar-refractivity contribution in [3.05, 3.63) is 29.8 Å². The highest BCUT2D eigenvalue weighted by molar-refractivity contribution is 7.99. The summed E-state index contributed by atoms with van der Waals surface area (Å²) < 4.78 is 2.09. The highest BCUT2D eigenvalue weighted by atomic mass is 32.2. The lowest BCUT2D eigenvalue weighted by molar-refractivity contribution is -0.130. The van der Waals surface area contributed by atoms with Gasteiger partial charge in [-0.1, -0.05) is 42.4 Å². The Bertz CT molecular complexity index is 743. The molecule has 0 spiro atoms. The molecule has 1 unspecified atom stereocenters. The van der Waals surface area contributed by atoms with Gasteiger partial charge in [-0.15, -0.1) is 10.2 Å². The number of nitrogens with zero attached hydrogens (tertiary/aromatic N) is 4. The third-order valence-electron chi connectivity index (χ3n) is 4.64. The lowest BCUT2D eigenvalue weighted by atomic mass is 10.0. The number of hydrogen-bond donors (Lipinski definition) is 0. The van der Waals surface area contributed by atoms with Crippen LogP contribution >= 0.6 is 11.8 Å². The fourth-order valence-corrected chi connectivity index (χ4v) is 4.22. The van der Waals surface area contributed by atoms with Crippen molar-refractivity contribution in [1.29, 1.82) is 0 Å². The maximum Gasteiger partial charge on any atom is 0.233 e. The highest BCUT2D eigenvalue weighted by Crippen LogP contribution is 2.25. The SMILES string of the molecule is CCn1c(SCC(=O)N2CCCC(C)C2)nnc1-c1cccc(C)c1. The average Bonchev–Trinajstić information content (AvgIpc) is 3.02. The van der Waals surface area contributed by atoms with Gasteiger partial charge in [-0.3, -0.25) is 4.79 Å². The first-order chi connectivity index (χ1) is 12.1. The largest absolute Gasteiger partial charge is 0.342 e. The molecular formula is C19H26N4OS. The van der Waals surface area contributed by atoms with E-state index in [1.54, 1.807) is 0 Å². The Kier molecular flexibility index (Phi) is 5.78. The summed E-state index contributed by atoms with van der Waals surface area (Å²) >= 11 is 1.49. The first-order valence-corrected chi connectivity index (χ1v) is 9.98. The number of likely N-dealkylation sites (tertiary alicyclic amines) is 1. The van der Waals surface area contributed by atoms with Crippen LogP contribution < -0.4 is 0 Å². The number of amides is 1. The maximum absolute atomic E-state index is 12.5. The number of carbonyl (C=O) groups excluding carboxylic acids is 1. The van der Waals surface area contributed by atoms with E-state index in [0.29, 0.717) is 11.7 Å². The van der Waals surface area contributed by atoms with E-state index in [1.807, 2.05) is 11.0 Å². The first kappa shape index (κ1) is 18.0. The summed E-state index contributed by atoms with van der Waals surface area (Å²) in [5, 5.41) is 9.52. The van der Waals surface area contributed by atoms with E-state index in [1.165, 1.54) is 23.7 Å². The summed E-state index contributed by atoms with van der Waals surface area (Å²) in [6.07, 6.45) is 2.33. The van der Waals surface area contributed by atoms with Gasteiger partial charge < -0.3 is 9.47 Å². The quantitative estimate of drug-likeness (QED) is 0.766. The minimum Gasteiger partial charge on any atom is -0.342 e. The van der Waals surface area contributed by atoms with Crippen LogP contribution in [0.2, 0.25) is 0 Å². The topological polar surface area (TPSA) is 51.0 Å². The van der Waals surface area contributed by atoms with Crippen LogP contribution in [0, 0.1) is 12.8 Å². The van der Waals surface area contributed by atoms with Crippen molar-refractivity contribution >= 4 is 17.7 Å². The number of hydrogen-bond acceptors (Lipinski definition) is 4. The standard InChI is InChI=1S/C19H26N4OS/c1-4-23-18(16-9-5-7-14(2)11-16)20-21-19(23)25-13-17(24)22-10-6-8-15(3)12-22/h5,7,9,11,15H,4,6,8,10,12-13H2,1-3H3. The van der Waals surface area contributed by atoms with E-state index in [2.05, 4.69) is 53.7 Å². The van der Waals surface area contributed by atoms with E-state index < -0.39 is 0 Å². The van der Waals surface area contributed by atoms with Crippen molar-refractivity contribution in [3.63, 3.8) is 0 Å². The number of aryl methyl sites for hydroxylation is 1. The van der Waals surface area contributed by atoms with Crippen LogP contribution in [0.4, 0.5) is 0 Å². The van der Waals surface area contributed by atoms with Crippen LogP contribution in [-0.2, 0) is 11.3 Å². The van der Waals surface area contributed by atoms with E-state index in [0.717, 1.165) is 42.6 Å². The Morgan fingerprint density at radius 2 is 2.20 bits per heavy atom. The molecule has 25 heavy (non-hydrogen) atoms. The van der Waals surface area contributed by atoms with Gasteiger partial charge in [0.05, 0.1) is 5.75 Å². The molecule has 1 aromatic heterocycles. The number of rotatable bonds is 5. The number of piperidine rings is 1. The van der Waals surface area contributed by atoms with Crippen molar-refractivity contribution in [3.8, 4) is 11.4 Å². The van der Waals surface area contributed by atoms with Crippen LogP contribution in [0.25, 0.3) is 11.4 Å². The van der Waals surface area contributed by atoms with Gasteiger partial charge in [0.2, 0.25) is 5.91 Å². The second-order valence-corrected chi connectivity index (χ2v) is 7.74. The molecule has 2 aromatic rings. The van der Waals surface area contributed by atoms with Crippen molar-refractivity contribution in [2.24, 2.45) is 5.92 Å². The Hall–Kier alpha value is -1.82. The van der Waals surface area contributed by atoms with Crippen LogP contribution in [-0.4, -0.2) is 44.4 Å². The van der Waals surface area contributed by atoms with Gasteiger partial charge in [-0.25, -0.2) is 0 Å². The normalized spacial score (nSPS) is 17.7. The van der Waals surface area contributed by atoms with Gasteiger partial charge in [0.25, 0.3) is 0 Å². The number of benzene rings is 1. The van der Waals surface area contributed by atoms with Gasteiger partial charge in [0.15, 0.2) is 11.0 Å². The summed E-state index contributed by atoms with van der Waals surface area (Å²) in [4.78, 5) is 14.5. The molecule has 0 saturated carbocycles. The third kappa shape index (κ3) is 4.24. The molecule has 1 amide bonds. The summed E-state index contributed by atoms with van der Waals surface area (Å²) in [5.41, 5.74) is 2.27. The van der Waals surface area contributed by atoms with Gasteiger partial charge in [0, 0.05) is 25.2 Å². The molecular weight excluding hydrogens is 332 g/mol. The molecule has 0 N–H and O–H groups in total. The molecule has 1 aliphatic rings. The van der Waals surface area contributed by atoms with Gasteiger partial charge in [-0.2, -0.15) is 0 Å². The predicted octanol–water partition coefficient (Wildman–Crippen LogP) is 3.62. The van der Waals surface area contributed by atoms with Crippen LogP contribution in [0.3, 0.4) is 0 Å². The molecule has 1 atom stereocenters. The zero-order valence-electron chi connectivity index (χ0n) is 15.2. The molecule has 1 aliphatic heterocycles. The minimum atomic E-state index is 0.208. The predicted molar refractivity (Wildman–Crippen MR) is 102 cm³/mol. The minimum absolute atomic E-state index is 0.208. The van der Waals surface area contributed by atoms with Crippen LogP contribution in [0.5, 0.6) is 0 Å². The van der Waals surface area contributed by atoms with Gasteiger partial charge >= 0.3 is 0 Å². The monoisotopic (exact) mass is 358 g/mol.